The molecule has 3 N–H and O–H groups in total. The van der Waals surface area contributed by atoms with Crippen molar-refractivity contribution < 1.29 is 0 Å². The maximum atomic E-state index is 5.89. The van der Waals surface area contributed by atoms with E-state index in [1.807, 2.05) is 0 Å². The van der Waals surface area contributed by atoms with E-state index in [4.69, 9.17) is 5.84 Å². The van der Waals surface area contributed by atoms with E-state index in [1.54, 1.807) is 11.1 Å². The molecule has 2 aliphatic rings. The van der Waals surface area contributed by atoms with Gasteiger partial charge in [0.15, 0.2) is 0 Å². The summed E-state index contributed by atoms with van der Waals surface area (Å²) in [6.07, 6.45) is 9.22. The summed E-state index contributed by atoms with van der Waals surface area (Å²) in [5, 5.41) is 0. The number of fused-ring (bicyclic) bond motifs is 1. The maximum absolute atomic E-state index is 5.89. The molecule has 0 aromatic heterocycles. The van der Waals surface area contributed by atoms with Crippen LogP contribution in [0.4, 0.5) is 0 Å². The highest BCUT2D eigenvalue weighted by molar-refractivity contribution is 5.32. The molecule has 0 spiro atoms. The van der Waals surface area contributed by atoms with Crippen molar-refractivity contribution in [3.8, 4) is 0 Å². The predicted molar refractivity (Wildman–Crippen MR) is 84.4 cm³/mol. The fourth-order valence-electron chi connectivity index (χ4n) is 4.42. The number of benzene rings is 1. The summed E-state index contributed by atoms with van der Waals surface area (Å²) in [6.45, 7) is 2.38. The van der Waals surface area contributed by atoms with E-state index >= 15 is 0 Å². The first-order valence-corrected chi connectivity index (χ1v) is 8.32. The molecule has 4 unspecified atom stereocenters. The number of hydrazine groups is 1. The first-order valence-electron chi connectivity index (χ1n) is 8.32. The highest BCUT2D eigenvalue weighted by Crippen LogP contribution is 2.39. The lowest BCUT2D eigenvalue weighted by Gasteiger charge is -2.31. The second kappa shape index (κ2) is 6.28. The molecule has 2 nitrogen and oxygen atoms in total. The summed E-state index contributed by atoms with van der Waals surface area (Å²) < 4.78 is 0. The Kier molecular flexibility index (Phi) is 4.42. The van der Waals surface area contributed by atoms with Crippen molar-refractivity contribution in [3.05, 3.63) is 35.4 Å². The van der Waals surface area contributed by atoms with Gasteiger partial charge < -0.3 is 0 Å². The first kappa shape index (κ1) is 14.1. The third-order valence-electron chi connectivity index (χ3n) is 5.55. The normalized spacial score (nSPS) is 31.0. The van der Waals surface area contributed by atoms with Crippen LogP contribution in [0.2, 0.25) is 0 Å². The summed E-state index contributed by atoms with van der Waals surface area (Å²) in [5.41, 5.74) is 6.30. The molecular weight excluding hydrogens is 244 g/mol. The predicted octanol–water partition coefficient (Wildman–Crippen LogP) is 3.76. The van der Waals surface area contributed by atoms with Gasteiger partial charge in [-0.25, -0.2) is 0 Å². The van der Waals surface area contributed by atoms with Gasteiger partial charge in [0.1, 0.15) is 0 Å². The van der Waals surface area contributed by atoms with Gasteiger partial charge in [-0.2, -0.15) is 0 Å². The molecule has 20 heavy (non-hydrogen) atoms. The van der Waals surface area contributed by atoms with Crippen LogP contribution in [0, 0.1) is 11.8 Å². The van der Waals surface area contributed by atoms with Crippen LogP contribution < -0.4 is 11.3 Å². The van der Waals surface area contributed by atoms with Gasteiger partial charge in [0.25, 0.3) is 0 Å². The minimum Gasteiger partial charge on any atom is -0.271 e. The standard InChI is InChI=1S/C18H28N2/c1-13-9-10-16(11-13)18(20-19)12-15-7-4-6-14-5-2-3-8-17(14)15/h2-3,5,8,13,15-16,18,20H,4,6-7,9-12,19H2,1H3. The Morgan fingerprint density at radius 2 is 2.10 bits per heavy atom. The summed E-state index contributed by atoms with van der Waals surface area (Å²) in [6, 6.07) is 9.52. The lowest BCUT2D eigenvalue weighted by atomic mass is 9.77. The molecule has 1 aromatic carbocycles. The van der Waals surface area contributed by atoms with Gasteiger partial charge in [0.05, 0.1) is 0 Å². The van der Waals surface area contributed by atoms with Gasteiger partial charge in [-0.15, -0.1) is 0 Å². The molecule has 3 rings (SSSR count). The van der Waals surface area contributed by atoms with Crippen molar-refractivity contribution in [1.29, 1.82) is 0 Å². The fourth-order valence-corrected chi connectivity index (χ4v) is 4.42. The monoisotopic (exact) mass is 272 g/mol. The smallest absolute Gasteiger partial charge is 0.0244 e. The van der Waals surface area contributed by atoms with E-state index in [9.17, 15) is 0 Å². The summed E-state index contributed by atoms with van der Waals surface area (Å²) in [7, 11) is 0. The molecular formula is C18H28N2. The average molecular weight is 272 g/mol. The van der Waals surface area contributed by atoms with Gasteiger partial charge >= 0.3 is 0 Å². The molecule has 1 fully saturated rings. The quantitative estimate of drug-likeness (QED) is 0.647. The fraction of sp³-hybridized carbons (Fsp3) is 0.667. The molecule has 0 saturated heterocycles. The third-order valence-corrected chi connectivity index (χ3v) is 5.55. The van der Waals surface area contributed by atoms with Gasteiger partial charge in [-0.1, -0.05) is 37.6 Å². The van der Waals surface area contributed by atoms with Crippen molar-refractivity contribution in [2.75, 3.05) is 0 Å². The lowest BCUT2D eigenvalue weighted by molar-refractivity contribution is 0.308. The van der Waals surface area contributed by atoms with Gasteiger partial charge in [-0.05, 0) is 67.4 Å². The molecule has 0 amide bonds. The van der Waals surface area contributed by atoms with Crippen molar-refractivity contribution in [2.24, 2.45) is 17.7 Å². The number of aryl methyl sites for hydroxylation is 1. The van der Waals surface area contributed by atoms with E-state index in [1.165, 1.54) is 44.9 Å². The number of nitrogens with two attached hydrogens (primary N) is 1. The van der Waals surface area contributed by atoms with Gasteiger partial charge in [0.2, 0.25) is 0 Å². The van der Waals surface area contributed by atoms with Crippen LogP contribution in [0.15, 0.2) is 24.3 Å². The minimum absolute atomic E-state index is 0.496. The Bertz CT molecular complexity index is 443. The molecule has 0 bridgehead atoms. The molecule has 1 saturated carbocycles. The topological polar surface area (TPSA) is 38.0 Å². The van der Waals surface area contributed by atoms with Crippen LogP contribution >= 0.6 is 0 Å². The summed E-state index contributed by atoms with van der Waals surface area (Å²) in [5.74, 6) is 8.26. The Hall–Kier alpha value is -0.860. The first-order chi connectivity index (χ1) is 9.78. The van der Waals surface area contributed by atoms with Crippen LogP contribution in [-0.4, -0.2) is 6.04 Å². The zero-order chi connectivity index (χ0) is 13.9. The lowest BCUT2D eigenvalue weighted by Crippen LogP contribution is -2.41. The van der Waals surface area contributed by atoms with Gasteiger partial charge in [0, 0.05) is 6.04 Å². The largest absolute Gasteiger partial charge is 0.271 e. The minimum atomic E-state index is 0.496. The Morgan fingerprint density at radius 1 is 1.25 bits per heavy atom. The van der Waals surface area contributed by atoms with E-state index in [0.717, 1.165) is 11.8 Å². The van der Waals surface area contributed by atoms with Gasteiger partial charge in [-0.3, -0.25) is 11.3 Å². The SMILES string of the molecule is CC1CCC(C(CC2CCCc3ccccc32)NN)C1. The number of hydrogen-bond acceptors (Lipinski definition) is 2. The molecule has 0 radical (unpaired) electrons. The van der Waals surface area contributed by atoms with Crippen LogP contribution in [-0.2, 0) is 6.42 Å². The number of nitrogens with one attached hydrogen (secondary N) is 1. The zero-order valence-corrected chi connectivity index (χ0v) is 12.6. The van der Waals surface area contributed by atoms with Crippen molar-refractivity contribution in [2.45, 2.75) is 63.8 Å². The molecule has 110 valence electrons. The number of hydrogen-bond donors (Lipinski definition) is 2. The van der Waals surface area contributed by atoms with Crippen molar-refractivity contribution in [1.82, 2.24) is 5.43 Å². The molecule has 2 heteroatoms. The van der Waals surface area contributed by atoms with Crippen LogP contribution in [0.5, 0.6) is 0 Å². The van der Waals surface area contributed by atoms with Crippen molar-refractivity contribution >= 4 is 0 Å². The Morgan fingerprint density at radius 3 is 2.85 bits per heavy atom. The molecule has 0 heterocycles. The molecule has 4 atom stereocenters. The summed E-state index contributed by atoms with van der Waals surface area (Å²) >= 11 is 0. The highest BCUT2D eigenvalue weighted by Gasteiger charge is 2.31. The second-order valence-electron chi connectivity index (χ2n) is 6.98. The van der Waals surface area contributed by atoms with Crippen LogP contribution in [0.3, 0.4) is 0 Å². The van der Waals surface area contributed by atoms with E-state index in [2.05, 4.69) is 36.6 Å². The van der Waals surface area contributed by atoms with E-state index in [-0.39, 0.29) is 0 Å². The Balaban J connectivity index is 1.70. The number of rotatable bonds is 4. The third kappa shape index (κ3) is 2.91. The average Bonchev–Trinajstić information content (AvgIpc) is 2.91. The maximum Gasteiger partial charge on any atom is 0.0244 e. The Labute approximate surface area is 123 Å². The van der Waals surface area contributed by atoms with E-state index < -0.39 is 0 Å². The van der Waals surface area contributed by atoms with E-state index in [0.29, 0.717) is 12.0 Å². The van der Waals surface area contributed by atoms with Crippen LogP contribution in [0.25, 0.3) is 0 Å². The molecule has 1 aromatic rings. The second-order valence-corrected chi connectivity index (χ2v) is 6.98. The molecule has 2 aliphatic carbocycles. The summed E-state index contributed by atoms with van der Waals surface area (Å²) in [4.78, 5) is 0. The van der Waals surface area contributed by atoms with Crippen molar-refractivity contribution in [3.63, 3.8) is 0 Å². The molecule has 0 aliphatic heterocycles. The van der Waals surface area contributed by atoms with Crippen LogP contribution in [0.1, 0.15) is 62.5 Å². The highest BCUT2D eigenvalue weighted by atomic mass is 15.2. The zero-order valence-electron chi connectivity index (χ0n) is 12.6.